The first-order chi connectivity index (χ1) is 8.70. The monoisotopic (exact) mass is 321 g/mol. The maximum atomic E-state index is 11.5. The molecule has 0 spiro atoms. The summed E-state index contributed by atoms with van der Waals surface area (Å²) in [6.07, 6.45) is 8.94. The van der Waals surface area contributed by atoms with Crippen LogP contribution in [0.1, 0.15) is 58.3 Å². The van der Waals surface area contributed by atoms with Crippen molar-refractivity contribution in [2.45, 2.75) is 63.1 Å². The van der Waals surface area contributed by atoms with Crippen molar-refractivity contribution in [1.82, 2.24) is 5.32 Å². The van der Waals surface area contributed by atoms with Crippen LogP contribution < -0.4 is 5.32 Å². The summed E-state index contributed by atoms with van der Waals surface area (Å²) in [5, 5.41) is 2.95. The molecule has 0 aliphatic heterocycles. The highest BCUT2D eigenvalue weighted by atomic mass is 79.9. The first kappa shape index (κ1) is 17.9. The molecule has 0 saturated heterocycles. The van der Waals surface area contributed by atoms with Gasteiger partial charge in [0, 0.05) is 24.9 Å². The average Bonchev–Trinajstić information content (AvgIpc) is 2.34. The molecule has 0 aromatic heterocycles. The molecule has 0 saturated carbocycles. The Kier molecular flexibility index (Phi) is 13.3. The van der Waals surface area contributed by atoms with Crippen LogP contribution in [0.3, 0.4) is 0 Å². The van der Waals surface area contributed by atoms with E-state index in [4.69, 9.17) is 4.74 Å². The number of alkyl halides is 1. The van der Waals surface area contributed by atoms with E-state index in [0.717, 1.165) is 19.4 Å². The third-order valence-electron chi connectivity index (χ3n) is 2.88. The van der Waals surface area contributed by atoms with E-state index in [0.29, 0.717) is 17.9 Å². The van der Waals surface area contributed by atoms with Crippen molar-refractivity contribution in [2.24, 2.45) is 0 Å². The van der Waals surface area contributed by atoms with Gasteiger partial charge in [0.2, 0.25) is 5.91 Å². The van der Waals surface area contributed by atoms with Gasteiger partial charge < -0.3 is 10.1 Å². The molecule has 4 heteroatoms. The van der Waals surface area contributed by atoms with Gasteiger partial charge in [0.05, 0.1) is 6.61 Å². The van der Waals surface area contributed by atoms with Crippen LogP contribution in [0.15, 0.2) is 0 Å². The number of halogens is 1. The lowest BCUT2D eigenvalue weighted by Crippen LogP contribution is -2.26. The molecule has 0 heterocycles. The van der Waals surface area contributed by atoms with Crippen molar-refractivity contribution in [1.29, 1.82) is 0 Å². The third kappa shape index (κ3) is 12.4. The molecule has 1 amide bonds. The van der Waals surface area contributed by atoms with Crippen LogP contribution in [-0.2, 0) is 9.53 Å². The SMILES string of the molecule is CCCCCCCCC(=O)NCCC(Br)COC. The van der Waals surface area contributed by atoms with Crippen LogP contribution in [0.4, 0.5) is 0 Å². The molecular weight excluding hydrogens is 294 g/mol. The van der Waals surface area contributed by atoms with Crippen molar-refractivity contribution >= 4 is 21.8 Å². The van der Waals surface area contributed by atoms with E-state index in [1.165, 1.54) is 32.1 Å². The molecule has 108 valence electrons. The Morgan fingerprint density at radius 3 is 2.56 bits per heavy atom. The van der Waals surface area contributed by atoms with E-state index in [1.807, 2.05) is 0 Å². The van der Waals surface area contributed by atoms with Gasteiger partial charge in [-0.3, -0.25) is 4.79 Å². The van der Waals surface area contributed by atoms with E-state index in [-0.39, 0.29) is 5.91 Å². The number of rotatable bonds is 12. The first-order valence-corrected chi connectivity index (χ1v) is 8.02. The lowest BCUT2D eigenvalue weighted by atomic mass is 10.1. The van der Waals surface area contributed by atoms with Crippen molar-refractivity contribution in [2.75, 3.05) is 20.3 Å². The smallest absolute Gasteiger partial charge is 0.219 e. The average molecular weight is 322 g/mol. The standard InChI is InChI=1S/C14H28BrNO2/c1-3-4-5-6-7-8-9-14(17)16-11-10-13(15)12-18-2/h13H,3-12H2,1-2H3,(H,16,17). The second-order valence-corrected chi connectivity index (χ2v) is 6.00. The highest BCUT2D eigenvalue weighted by molar-refractivity contribution is 9.09. The Hall–Kier alpha value is -0.0900. The minimum atomic E-state index is 0.183. The zero-order chi connectivity index (χ0) is 13.6. The lowest BCUT2D eigenvalue weighted by molar-refractivity contribution is -0.121. The number of methoxy groups -OCH3 is 1. The summed E-state index contributed by atoms with van der Waals surface area (Å²) < 4.78 is 5.01. The summed E-state index contributed by atoms with van der Waals surface area (Å²) in [6, 6.07) is 0. The number of hydrogen-bond acceptors (Lipinski definition) is 2. The van der Waals surface area contributed by atoms with Crippen molar-refractivity contribution in [3.63, 3.8) is 0 Å². The van der Waals surface area contributed by atoms with E-state index >= 15 is 0 Å². The van der Waals surface area contributed by atoms with Gasteiger partial charge in [-0.1, -0.05) is 55.0 Å². The lowest BCUT2D eigenvalue weighted by Gasteiger charge is -2.09. The molecular formula is C14H28BrNO2. The second kappa shape index (κ2) is 13.3. The fraction of sp³-hybridized carbons (Fsp3) is 0.929. The van der Waals surface area contributed by atoms with Crippen molar-refractivity contribution in [3.05, 3.63) is 0 Å². The van der Waals surface area contributed by atoms with Crippen LogP contribution in [0.5, 0.6) is 0 Å². The van der Waals surface area contributed by atoms with Crippen molar-refractivity contribution in [3.8, 4) is 0 Å². The van der Waals surface area contributed by atoms with Gasteiger partial charge in [0.15, 0.2) is 0 Å². The fourth-order valence-corrected chi connectivity index (χ4v) is 2.28. The quantitative estimate of drug-likeness (QED) is 0.440. The van der Waals surface area contributed by atoms with E-state index < -0.39 is 0 Å². The van der Waals surface area contributed by atoms with Crippen LogP contribution in [0.25, 0.3) is 0 Å². The minimum absolute atomic E-state index is 0.183. The zero-order valence-electron chi connectivity index (χ0n) is 11.8. The van der Waals surface area contributed by atoms with E-state index in [9.17, 15) is 4.79 Å². The predicted octanol–water partition coefficient (Wildman–Crippen LogP) is 3.65. The molecule has 0 bridgehead atoms. The molecule has 1 unspecified atom stereocenters. The highest BCUT2D eigenvalue weighted by Crippen LogP contribution is 2.07. The number of unbranched alkanes of at least 4 members (excludes halogenated alkanes) is 5. The highest BCUT2D eigenvalue weighted by Gasteiger charge is 2.05. The first-order valence-electron chi connectivity index (χ1n) is 7.10. The van der Waals surface area contributed by atoms with Crippen molar-refractivity contribution < 1.29 is 9.53 Å². The van der Waals surface area contributed by atoms with Crippen LogP contribution >= 0.6 is 15.9 Å². The van der Waals surface area contributed by atoms with Gasteiger partial charge >= 0.3 is 0 Å². The molecule has 18 heavy (non-hydrogen) atoms. The summed E-state index contributed by atoms with van der Waals surface area (Å²) in [4.78, 5) is 11.8. The summed E-state index contributed by atoms with van der Waals surface area (Å²) in [5.74, 6) is 0.183. The topological polar surface area (TPSA) is 38.3 Å². The molecule has 1 N–H and O–H groups in total. The normalized spacial score (nSPS) is 12.4. The number of carbonyl (C=O) groups excluding carboxylic acids is 1. The van der Waals surface area contributed by atoms with Crippen LogP contribution in [0, 0.1) is 0 Å². The zero-order valence-corrected chi connectivity index (χ0v) is 13.4. The largest absolute Gasteiger partial charge is 0.384 e. The molecule has 3 nitrogen and oxygen atoms in total. The van der Waals surface area contributed by atoms with Gasteiger partial charge in [-0.2, -0.15) is 0 Å². The molecule has 1 atom stereocenters. The summed E-state index contributed by atoms with van der Waals surface area (Å²) in [6.45, 7) is 3.63. The van der Waals surface area contributed by atoms with Gasteiger partial charge in [-0.05, 0) is 12.8 Å². The Morgan fingerprint density at radius 1 is 1.22 bits per heavy atom. The van der Waals surface area contributed by atoms with Gasteiger partial charge in [0.1, 0.15) is 0 Å². The summed E-state index contributed by atoms with van der Waals surface area (Å²) in [7, 11) is 1.69. The molecule has 0 radical (unpaired) electrons. The Balaban J connectivity index is 3.27. The summed E-state index contributed by atoms with van der Waals surface area (Å²) >= 11 is 3.50. The van der Waals surface area contributed by atoms with Crippen LogP contribution in [0.2, 0.25) is 0 Å². The minimum Gasteiger partial charge on any atom is -0.384 e. The maximum Gasteiger partial charge on any atom is 0.219 e. The molecule has 0 aliphatic rings. The molecule has 0 aliphatic carbocycles. The Labute approximate surface area is 120 Å². The molecule has 0 aromatic rings. The molecule has 0 aromatic carbocycles. The maximum absolute atomic E-state index is 11.5. The summed E-state index contributed by atoms with van der Waals surface area (Å²) in [5.41, 5.74) is 0. The van der Waals surface area contributed by atoms with E-state index in [2.05, 4.69) is 28.2 Å². The number of hydrogen-bond donors (Lipinski definition) is 1. The third-order valence-corrected chi connectivity index (χ3v) is 3.61. The number of amides is 1. The van der Waals surface area contributed by atoms with E-state index in [1.54, 1.807) is 7.11 Å². The fourth-order valence-electron chi connectivity index (χ4n) is 1.79. The number of ether oxygens (including phenoxy) is 1. The number of carbonyl (C=O) groups is 1. The predicted molar refractivity (Wildman–Crippen MR) is 80.2 cm³/mol. The Morgan fingerprint density at radius 2 is 1.89 bits per heavy atom. The Bertz CT molecular complexity index is 200. The molecule has 0 rings (SSSR count). The van der Waals surface area contributed by atoms with Gasteiger partial charge in [-0.15, -0.1) is 0 Å². The van der Waals surface area contributed by atoms with Gasteiger partial charge in [0.25, 0.3) is 0 Å². The van der Waals surface area contributed by atoms with Crippen LogP contribution in [-0.4, -0.2) is 31.0 Å². The molecule has 0 fully saturated rings. The second-order valence-electron chi connectivity index (χ2n) is 4.71. The number of nitrogens with one attached hydrogen (secondary N) is 1. The van der Waals surface area contributed by atoms with Gasteiger partial charge in [-0.25, -0.2) is 0 Å².